The van der Waals surface area contributed by atoms with Gasteiger partial charge in [-0.3, -0.25) is 4.79 Å². The molecule has 3 rings (SSSR count). The normalized spacial score (nSPS) is 14.0. The lowest BCUT2D eigenvalue weighted by atomic mass is 10.1. The Morgan fingerprint density at radius 1 is 1.19 bits per heavy atom. The molecule has 0 fully saturated rings. The SMILES string of the molecule is CCC(C)n1c(=NC(=O)c2cccc(C(F)(F)F)c2)sc2ccccc21. The maximum absolute atomic E-state index is 12.9. The Bertz CT molecular complexity index is 1020. The molecule has 0 radical (unpaired) electrons. The van der Waals surface area contributed by atoms with Gasteiger partial charge >= 0.3 is 6.18 Å². The van der Waals surface area contributed by atoms with Crippen LogP contribution in [0.3, 0.4) is 0 Å². The fraction of sp³-hybridized carbons (Fsp3) is 0.263. The van der Waals surface area contributed by atoms with Crippen LogP contribution in [-0.2, 0) is 6.18 Å². The third-order valence-corrected chi connectivity index (χ3v) is 5.23. The zero-order valence-corrected chi connectivity index (χ0v) is 15.1. The second kappa shape index (κ2) is 7.07. The Kier molecular flexibility index (Phi) is 5.00. The predicted molar refractivity (Wildman–Crippen MR) is 96.2 cm³/mol. The highest BCUT2D eigenvalue weighted by molar-refractivity contribution is 7.16. The van der Waals surface area contributed by atoms with E-state index in [1.165, 1.54) is 23.5 Å². The zero-order chi connectivity index (χ0) is 18.9. The molecule has 0 bridgehead atoms. The Labute approximate surface area is 152 Å². The van der Waals surface area contributed by atoms with Crippen LogP contribution in [0, 0.1) is 0 Å². The summed E-state index contributed by atoms with van der Waals surface area (Å²) in [7, 11) is 0. The van der Waals surface area contributed by atoms with Crippen LogP contribution in [0.1, 0.15) is 42.2 Å². The molecule has 1 atom stereocenters. The lowest BCUT2D eigenvalue weighted by molar-refractivity contribution is -0.137. The highest BCUT2D eigenvalue weighted by atomic mass is 32.1. The average Bonchev–Trinajstić information content (AvgIpc) is 2.98. The van der Waals surface area contributed by atoms with Crippen LogP contribution in [0.5, 0.6) is 0 Å². The summed E-state index contributed by atoms with van der Waals surface area (Å²) in [5.41, 5.74) is 0.0279. The third kappa shape index (κ3) is 3.58. The lowest BCUT2D eigenvalue weighted by Crippen LogP contribution is -2.20. The van der Waals surface area contributed by atoms with Crippen LogP contribution in [0.15, 0.2) is 53.5 Å². The number of hydrogen-bond acceptors (Lipinski definition) is 2. The number of alkyl halides is 3. The molecular weight excluding hydrogens is 361 g/mol. The Hall–Kier alpha value is -2.41. The largest absolute Gasteiger partial charge is 0.416 e. The Morgan fingerprint density at radius 2 is 1.92 bits per heavy atom. The molecule has 1 unspecified atom stereocenters. The molecule has 1 amide bonds. The maximum atomic E-state index is 12.9. The van der Waals surface area contributed by atoms with Crippen LogP contribution >= 0.6 is 11.3 Å². The molecule has 0 N–H and O–H groups in total. The molecule has 0 saturated carbocycles. The summed E-state index contributed by atoms with van der Waals surface area (Å²) in [5, 5.41) is 0. The fourth-order valence-corrected chi connectivity index (χ4v) is 3.78. The van der Waals surface area contributed by atoms with E-state index in [9.17, 15) is 18.0 Å². The van der Waals surface area contributed by atoms with E-state index in [2.05, 4.69) is 4.99 Å². The van der Waals surface area contributed by atoms with Crippen LogP contribution < -0.4 is 4.80 Å². The molecule has 0 saturated heterocycles. The van der Waals surface area contributed by atoms with Crippen molar-refractivity contribution in [1.82, 2.24) is 4.57 Å². The third-order valence-electron chi connectivity index (χ3n) is 4.20. The summed E-state index contributed by atoms with van der Waals surface area (Å²) >= 11 is 1.35. The number of benzene rings is 2. The van der Waals surface area contributed by atoms with Crippen LogP contribution in [0.2, 0.25) is 0 Å². The quantitative estimate of drug-likeness (QED) is 0.598. The number of para-hydroxylation sites is 1. The maximum Gasteiger partial charge on any atom is 0.416 e. The number of carbonyl (C=O) groups excluding carboxylic acids is 1. The van der Waals surface area contributed by atoms with Gasteiger partial charge in [0.25, 0.3) is 5.91 Å². The topological polar surface area (TPSA) is 34.4 Å². The van der Waals surface area contributed by atoms with Gasteiger partial charge in [0.1, 0.15) is 0 Å². The molecule has 1 aromatic heterocycles. The number of carbonyl (C=O) groups is 1. The monoisotopic (exact) mass is 378 g/mol. The second-order valence-corrected chi connectivity index (χ2v) is 6.98. The van der Waals surface area contributed by atoms with Crippen molar-refractivity contribution in [3.8, 4) is 0 Å². The predicted octanol–water partition coefficient (Wildman–Crippen LogP) is 5.43. The Morgan fingerprint density at radius 3 is 2.62 bits per heavy atom. The molecular formula is C19H17F3N2OS. The average molecular weight is 378 g/mol. The first kappa shape index (κ1) is 18.4. The number of hydrogen-bond donors (Lipinski definition) is 0. The van der Waals surface area contributed by atoms with Crippen LogP contribution in [-0.4, -0.2) is 10.5 Å². The molecule has 0 aliphatic carbocycles. The van der Waals surface area contributed by atoms with Crippen molar-refractivity contribution >= 4 is 27.5 Å². The van der Waals surface area contributed by atoms with Crippen molar-refractivity contribution in [3.63, 3.8) is 0 Å². The highest BCUT2D eigenvalue weighted by Gasteiger charge is 2.30. The van der Waals surface area contributed by atoms with Gasteiger partial charge in [-0.2, -0.15) is 18.2 Å². The molecule has 136 valence electrons. The van der Waals surface area contributed by atoms with Crippen LogP contribution in [0.4, 0.5) is 13.2 Å². The first-order valence-electron chi connectivity index (χ1n) is 8.17. The van der Waals surface area contributed by atoms with Gasteiger partial charge in [-0.25, -0.2) is 0 Å². The van der Waals surface area contributed by atoms with E-state index in [1.54, 1.807) is 0 Å². The van der Waals surface area contributed by atoms with Gasteiger partial charge in [0, 0.05) is 11.6 Å². The van der Waals surface area contributed by atoms with Crippen molar-refractivity contribution < 1.29 is 18.0 Å². The summed E-state index contributed by atoms with van der Waals surface area (Å²) in [6.07, 6.45) is -3.66. The molecule has 3 aromatic rings. The van der Waals surface area contributed by atoms with Gasteiger partial charge in [-0.05, 0) is 43.7 Å². The number of nitrogens with zero attached hydrogens (tertiary/aromatic N) is 2. The summed E-state index contributed by atoms with van der Waals surface area (Å²) in [4.78, 5) is 17.1. The van der Waals surface area contributed by atoms with E-state index in [0.29, 0.717) is 4.80 Å². The van der Waals surface area contributed by atoms with Crippen molar-refractivity contribution in [2.75, 3.05) is 0 Å². The van der Waals surface area contributed by atoms with E-state index in [1.807, 2.05) is 42.7 Å². The van der Waals surface area contributed by atoms with E-state index in [-0.39, 0.29) is 11.6 Å². The molecule has 0 spiro atoms. The van der Waals surface area contributed by atoms with Crippen molar-refractivity contribution in [1.29, 1.82) is 0 Å². The van der Waals surface area contributed by atoms with Gasteiger partial charge in [0.2, 0.25) is 0 Å². The first-order chi connectivity index (χ1) is 12.3. The second-order valence-electron chi connectivity index (χ2n) is 5.98. The van der Waals surface area contributed by atoms with Crippen molar-refractivity contribution in [2.24, 2.45) is 4.99 Å². The minimum absolute atomic E-state index is 0.0759. The summed E-state index contributed by atoms with van der Waals surface area (Å²) in [5.74, 6) is -0.681. The molecule has 0 aliphatic heterocycles. The summed E-state index contributed by atoms with van der Waals surface area (Å²) in [6.45, 7) is 4.05. The molecule has 1 heterocycles. The smallest absolute Gasteiger partial charge is 0.314 e. The highest BCUT2D eigenvalue weighted by Crippen LogP contribution is 2.29. The van der Waals surface area contributed by atoms with Gasteiger partial charge in [-0.1, -0.05) is 36.5 Å². The standard InChI is InChI=1S/C19H17F3N2OS/c1-3-12(2)24-15-9-4-5-10-16(15)26-18(24)23-17(25)13-7-6-8-14(11-13)19(20,21)22/h4-12H,3H2,1-2H3. The number of aromatic nitrogens is 1. The summed E-state index contributed by atoms with van der Waals surface area (Å²) < 4.78 is 41.5. The fourth-order valence-electron chi connectivity index (χ4n) is 2.66. The van der Waals surface area contributed by atoms with Gasteiger partial charge in [0.05, 0.1) is 15.8 Å². The number of fused-ring (bicyclic) bond motifs is 1. The Balaban J connectivity index is 2.12. The first-order valence-corrected chi connectivity index (χ1v) is 8.99. The van der Waals surface area contributed by atoms with E-state index in [4.69, 9.17) is 0 Å². The summed E-state index contributed by atoms with van der Waals surface area (Å²) in [6, 6.07) is 12.2. The number of rotatable bonds is 3. The van der Waals surface area contributed by atoms with Crippen molar-refractivity contribution in [2.45, 2.75) is 32.5 Å². The molecule has 0 aliphatic rings. The molecule has 3 nitrogen and oxygen atoms in total. The van der Waals surface area contributed by atoms with E-state index in [0.717, 1.165) is 28.8 Å². The number of halogens is 3. The van der Waals surface area contributed by atoms with E-state index < -0.39 is 17.6 Å². The molecule has 2 aromatic carbocycles. The lowest BCUT2D eigenvalue weighted by Gasteiger charge is -2.12. The molecule has 26 heavy (non-hydrogen) atoms. The van der Waals surface area contributed by atoms with Gasteiger partial charge in [-0.15, -0.1) is 0 Å². The van der Waals surface area contributed by atoms with E-state index >= 15 is 0 Å². The minimum atomic E-state index is -4.50. The number of thiazole rings is 1. The van der Waals surface area contributed by atoms with Crippen LogP contribution in [0.25, 0.3) is 10.2 Å². The number of amides is 1. The van der Waals surface area contributed by atoms with Gasteiger partial charge in [0.15, 0.2) is 4.80 Å². The van der Waals surface area contributed by atoms with Crippen molar-refractivity contribution in [3.05, 3.63) is 64.5 Å². The molecule has 7 heteroatoms. The zero-order valence-electron chi connectivity index (χ0n) is 14.2. The van der Waals surface area contributed by atoms with Gasteiger partial charge < -0.3 is 4.57 Å². The minimum Gasteiger partial charge on any atom is -0.314 e.